The Bertz CT molecular complexity index is 1860. The van der Waals surface area contributed by atoms with E-state index in [9.17, 15) is 18.4 Å². The van der Waals surface area contributed by atoms with Crippen molar-refractivity contribution in [1.82, 2.24) is 24.5 Å². The number of amides is 2. The third-order valence-electron chi connectivity index (χ3n) is 6.36. The van der Waals surface area contributed by atoms with Gasteiger partial charge in [-0.2, -0.15) is 5.10 Å². The zero-order chi connectivity index (χ0) is 28.0. The molecule has 12 heteroatoms. The van der Waals surface area contributed by atoms with E-state index in [2.05, 4.69) is 27.2 Å². The van der Waals surface area contributed by atoms with Crippen LogP contribution in [0, 0.1) is 23.5 Å². The molecular formula is C28H20F2N6O3S. The van der Waals surface area contributed by atoms with Gasteiger partial charge in [0.15, 0.2) is 4.96 Å². The number of likely N-dealkylation sites (N-methyl/N-ethyl adjacent to an activating group) is 1. The van der Waals surface area contributed by atoms with E-state index in [0.717, 1.165) is 17.7 Å². The fraction of sp³-hybridized carbons (Fsp3) is 0.143. The summed E-state index contributed by atoms with van der Waals surface area (Å²) in [5, 5.41) is 8.46. The topological polar surface area (TPSA) is 93.8 Å². The number of thiazole rings is 1. The minimum absolute atomic E-state index is 0.0424. The number of aromatic nitrogens is 4. The lowest BCUT2D eigenvalue weighted by atomic mass is 10.1. The van der Waals surface area contributed by atoms with Crippen LogP contribution >= 0.6 is 11.3 Å². The van der Waals surface area contributed by atoms with E-state index in [-0.39, 0.29) is 23.8 Å². The van der Waals surface area contributed by atoms with E-state index in [0.29, 0.717) is 27.7 Å². The highest BCUT2D eigenvalue weighted by Crippen LogP contribution is 2.32. The second-order valence-corrected chi connectivity index (χ2v) is 9.93. The van der Waals surface area contributed by atoms with E-state index in [1.165, 1.54) is 28.5 Å². The predicted octanol–water partition coefficient (Wildman–Crippen LogP) is 3.63. The van der Waals surface area contributed by atoms with Crippen LogP contribution in [0.15, 0.2) is 60.4 Å². The van der Waals surface area contributed by atoms with Crippen molar-refractivity contribution in [1.29, 1.82) is 0 Å². The highest BCUT2D eigenvalue weighted by atomic mass is 32.1. The van der Waals surface area contributed by atoms with Crippen LogP contribution in [0.4, 0.5) is 14.5 Å². The van der Waals surface area contributed by atoms with Gasteiger partial charge in [0.1, 0.15) is 35.7 Å². The first-order valence-corrected chi connectivity index (χ1v) is 12.9. The van der Waals surface area contributed by atoms with Gasteiger partial charge in [0.25, 0.3) is 11.8 Å². The Balaban J connectivity index is 1.20. The molecule has 9 nitrogen and oxygen atoms in total. The summed E-state index contributed by atoms with van der Waals surface area (Å²) in [5.74, 6) is 4.19. The second kappa shape index (κ2) is 9.94. The molecule has 1 atom stereocenters. The van der Waals surface area contributed by atoms with Crippen molar-refractivity contribution >= 4 is 33.8 Å². The molecule has 0 bridgehead atoms. The van der Waals surface area contributed by atoms with Gasteiger partial charge >= 0.3 is 0 Å². The number of fused-ring (bicyclic) bond motifs is 2. The Labute approximate surface area is 230 Å². The summed E-state index contributed by atoms with van der Waals surface area (Å²) in [5.41, 5.74) is 2.60. The van der Waals surface area contributed by atoms with E-state index in [1.807, 2.05) is 7.05 Å². The number of ether oxygens (including phenoxy) is 1. The van der Waals surface area contributed by atoms with E-state index in [4.69, 9.17) is 4.74 Å². The Morgan fingerprint density at radius 3 is 2.73 bits per heavy atom. The molecule has 0 spiro atoms. The normalized spacial score (nSPS) is 14.8. The third-order valence-corrected chi connectivity index (χ3v) is 7.20. The van der Waals surface area contributed by atoms with Gasteiger partial charge in [0, 0.05) is 49.1 Å². The number of aryl methyl sites for hydroxylation is 1. The van der Waals surface area contributed by atoms with Crippen LogP contribution in [-0.2, 0) is 11.8 Å². The summed E-state index contributed by atoms with van der Waals surface area (Å²) in [6.45, 7) is -0.0864. The highest BCUT2D eigenvalue weighted by Gasteiger charge is 2.31. The van der Waals surface area contributed by atoms with Crippen LogP contribution in [-0.4, -0.2) is 50.7 Å². The summed E-state index contributed by atoms with van der Waals surface area (Å²) in [6, 6.07) is 7.58. The van der Waals surface area contributed by atoms with Gasteiger partial charge < -0.3 is 15.0 Å². The lowest BCUT2D eigenvalue weighted by Crippen LogP contribution is -2.49. The third kappa shape index (κ3) is 4.67. The predicted molar refractivity (Wildman–Crippen MR) is 144 cm³/mol. The Hall–Kier alpha value is -5.02. The molecule has 4 heterocycles. The van der Waals surface area contributed by atoms with Gasteiger partial charge in [0.2, 0.25) is 0 Å². The number of nitrogens with zero attached hydrogens (tertiary/aromatic N) is 5. The molecule has 2 amide bonds. The molecule has 5 aromatic rings. The van der Waals surface area contributed by atoms with Crippen molar-refractivity contribution < 1.29 is 23.1 Å². The molecule has 1 unspecified atom stereocenters. The number of hydrogen-bond acceptors (Lipinski definition) is 6. The fourth-order valence-electron chi connectivity index (χ4n) is 4.33. The number of anilines is 1. The lowest BCUT2D eigenvalue weighted by Gasteiger charge is -2.20. The minimum Gasteiger partial charge on any atom is -0.489 e. The van der Waals surface area contributed by atoms with Gasteiger partial charge in [-0.25, -0.2) is 13.8 Å². The summed E-state index contributed by atoms with van der Waals surface area (Å²) in [6.07, 6.45) is 4.91. The van der Waals surface area contributed by atoms with Crippen molar-refractivity contribution in [2.75, 3.05) is 18.6 Å². The maximum Gasteiger partial charge on any atom is 0.272 e. The molecule has 0 saturated heterocycles. The zero-order valence-corrected chi connectivity index (χ0v) is 22.0. The van der Waals surface area contributed by atoms with E-state index >= 15 is 0 Å². The number of hydrogen-bond donors (Lipinski definition) is 1. The van der Waals surface area contributed by atoms with Crippen molar-refractivity contribution in [2.24, 2.45) is 7.05 Å². The van der Waals surface area contributed by atoms with Crippen LogP contribution in [0.2, 0.25) is 0 Å². The van der Waals surface area contributed by atoms with Gasteiger partial charge in [-0.3, -0.25) is 18.7 Å². The van der Waals surface area contributed by atoms with Gasteiger partial charge in [-0.15, -0.1) is 11.3 Å². The number of halogens is 2. The highest BCUT2D eigenvalue weighted by molar-refractivity contribution is 7.15. The molecule has 1 aliphatic heterocycles. The van der Waals surface area contributed by atoms with Crippen LogP contribution < -0.4 is 15.0 Å². The first kappa shape index (κ1) is 25.3. The number of imidazole rings is 1. The molecular weight excluding hydrogens is 538 g/mol. The van der Waals surface area contributed by atoms with Gasteiger partial charge in [-0.1, -0.05) is 11.8 Å². The molecule has 0 radical (unpaired) electrons. The average Bonchev–Trinajstić information content (AvgIpc) is 3.64. The van der Waals surface area contributed by atoms with Gasteiger partial charge in [-0.05, 0) is 30.3 Å². The number of carbonyl (C=O) groups excluding carboxylic acids is 2. The molecule has 6 rings (SSSR count). The standard InChI is InChI=1S/C28H20F2N6O3S/c1-34-12-17(11-31-34)4-3-16-5-8-25-23(9-16)35(2)27(38)22(14-39-25)32-26(37)21-13-36-24(15-40-28(36)33-21)19-7-6-18(29)10-20(19)30/h5-13,15,22H,14H2,1-2H3,(H,32,37). The molecule has 1 N–H and O–H groups in total. The molecule has 0 saturated carbocycles. The second-order valence-electron chi connectivity index (χ2n) is 9.09. The summed E-state index contributed by atoms with van der Waals surface area (Å²) in [4.78, 5) is 32.6. The van der Waals surface area contributed by atoms with Crippen molar-refractivity contribution in [3.8, 4) is 28.8 Å². The maximum atomic E-state index is 14.4. The first-order valence-electron chi connectivity index (χ1n) is 12.0. The number of benzene rings is 2. The summed E-state index contributed by atoms with van der Waals surface area (Å²) in [7, 11) is 3.41. The average molecular weight is 559 g/mol. The smallest absolute Gasteiger partial charge is 0.272 e. The Kier molecular flexibility index (Phi) is 6.28. The van der Waals surface area contributed by atoms with E-state index in [1.54, 1.807) is 52.1 Å². The maximum absolute atomic E-state index is 14.4. The summed E-state index contributed by atoms with van der Waals surface area (Å²) >= 11 is 1.20. The molecule has 3 aromatic heterocycles. The SMILES string of the molecule is CN1C(=O)C(NC(=O)c2cn3c(-c4ccc(F)cc4F)csc3n2)COc2ccc(C#Cc3cnn(C)c3)cc21. The van der Waals surface area contributed by atoms with Crippen LogP contribution in [0.25, 0.3) is 16.2 Å². The molecule has 0 aliphatic carbocycles. The van der Waals surface area contributed by atoms with Crippen LogP contribution in [0.1, 0.15) is 21.6 Å². The number of nitrogens with one attached hydrogen (secondary N) is 1. The number of carbonyl (C=O) groups is 2. The van der Waals surface area contributed by atoms with Crippen molar-refractivity contribution in [3.63, 3.8) is 0 Å². The molecule has 0 fully saturated rings. The van der Waals surface area contributed by atoms with Crippen molar-refractivity contribution in [2.45, 2.75) is 6.04 Å². The molecule has 40 heavy (non-hydrogen) atoms. The fourth-order valence-corrected chi connectivity index (χ4v) is 5.20. The lowest BCUT2D eigenvalue weighted by molar-refractivity contribution is -0.120. The Morgan fingerprint density at radius 2 is 1.95 bits per heavy atom. The van der Waals surface area contributed by atoms with Gasteiger partial charge in [0.05, 0.1) is 23.1 Å². The zero-order valence-electron chi connectivity index (χ0n) is 21.2. The first-order chi connectivity index (χ1) is 19.3. The Morgan fingerprint density at radius 1 is 1.12 bits per heavy atom. The number of rotatable bonds is 3. The van der Waals surface area contributed by atoms with Crippen LogP contribution in [0.3, 0.4) is 0 Å². The molecule has 200 valence electrons. The summed E-state index contributed by atoms with van der Waals surface area (Å²) < 4.78 is 36.8. The quantitative estimate of drug-likeness (QED) is 0.342. The molecule has 2 aromatic carbocycles. The van der Waals surface area contributed by atoms with Crippen LogP contribution in [0.5, 0.6) is 5.75 Å². The van der Waals surface area contributed by atoms with Crippen molar-refractivity contribution in [3.05, 3.63) is 88.8 Å². The molecule has 1 aliphatic rings. The minimum atomic E-state index is -0.983. The monoisotopic (exact) mass is 558 g/mol. The largest absolute Gasteiger partial charge is 0.489 e. The van der Waals surface area contributed by atoms with E-state index < -0.39 is 23.6 Å².